The second kappa shape index (κ2) is 7.25. The minimum Gasteiger partial charge on any atom is -0.306 e. The molecule has 0 bridgehead atoms. The first-order chi connectivity index (χ1) is 11.3. The Balaban J connectivity index is 2.18. The van der Waals surface area contributed by atoms with Gasteiger partial charge in [-0.2, -0.15) is 5.26 Å². The quantitative estimate of drug-likeness (QED) is 0.792. The number of halogens is 3. The van der Waals surface area contributed by atoms with Gasteiger partial charge in [0, 0.05) is 0 Å². The number of aryl methyl sites for hydroxylation is 1. The molecule has 0 unspecified atom stereocenters. The van der Waals surface area contributed by atoms with Crippen LogP contribution in [0.15, 0.2) is 24.3 Å². The van der Waals surface area contributed by atoms with Gasteiger partial charge in [-0.1, -0.05) is 35.3 Å². The van der Waals surface area contributed by atoms with Gasteiger partial charge in [0.1, 0.15) is 11.2 Å². The molecule has 0 atom stereocenters. The zero-order valence-electron chi connectivity index (χ0n) is 12.2. The minimum atomic E-state index is -0.965. The number of imide groups is 1. The van der Waals surface area contributed by atoms with E-state index in [4.69, 9.17) is 28.5 Å². The molecule has 0 aliphatic heterocycles. The van der Waals surface area contributed by atoms with Crippen molar-refractivity contribution in [3.8, 4) is 6.07 Å². The summed E-state index contributed by atoms with van der Waals surface area (Å²) in [7, 11) is 0. The van der Waals surface area contributed by atoms with Crippen molar-refractivity contribution in [2.24, 2.45) is 0 Å². The van der Waals surface area contributed by atoms with Crippen LogP contribution in [0.5, 0.6) is 0 Å². The Labute approximate surface area is 146 Å². The monoisotopic (exact) mass is 366 g/mol. The molecule has 0 saturated heterocycles. The Kier molecular flexibility index (Phi) is 5.34. The number of hydrogen-bond acceptors (Lipinski definition) is 4. The summed E-state index contributed by atoms with van der Waals surface area (Å²) in [6.07, 6.45) is 0. The molecule has 0 spiro atoms. The Morgan fingerprint density at radius 1 is 1.29 bits per heavy atom. The maximum Gasteiger partial charge on any atom is 0.326 e. The number of para-hydroxylation sites is 1. The molecule has 0 radical (unpaired) electrons. The largest absolute Gasteiger partial charge is 0.326 e. The highest BCUT2D eigenvalue weighted by molar-refractivity contribution is 6.35. The molecular weight excluding hydrogens is 358 g/mol. The van der Waals surface area contributed by atoms with Crippen molar-refractivity contribution < 1.29 is 14.0 Å². The molecule has 2 N–H and O–H groups in total. The van der Waals surface area contributed by atoms with E-state index in [1.54, 1.807) is 19.1 Å². The number of nitrogens with one attached hydrogen (secondary N) is 2. The fraction of sp³-hybridized carbons (Fsp3) is 0.0667. The van der Waals surface area contributed by atoms with E-state index in [0.29, 0.717) is 5.56 Å². The Bertz CT molecular complexity index is 881. The van der Waals surface area contributed by atoms with Gasteiger partial charge in [-0.3, -0.25) is 10.1 Å². The maximum absolute atomic E-state index is 13.4. The molecule has 3 amide bonds. The third-order valence-corrected chi connectivity index (χ3v) is 3.54. The van der Waals surface area contributed by atoms with Gasteiger partial charge >= 0.3 is 6.03 Å². The first-order valence-corrected chi connectivity index (χ1v) is 7.22. The Hall–Kier alpha value is -2.69. The molecule has 0 fully saturated rings. The van der Waals surface area contributed by atoms with Crippen LogP contribution in [0.25, 0.3) is 0 Å². The van der Waals surface area contributed by atoms with Crippen molar-refractivity contribution in [3.63, 3.8) is 0 Å². The molecule has 24 heavy (non-hydrogen) atoms. The van der Waals surface area contributed by atoms with E-state index in [2.05, 4.69) is 10.3 Å². The molecule has 9 heteroatoms. The normalized spacial score (nSPS) is 9.96. The van der Waals surface area contributed by atoms with E-state index in [1.807, 2.05) is 11.4 Å². The first kappa shape index (κ1) is 17.7. The summed E-state index contributed by atoms with van der Waals surface area (Å²) >= 11 is 11.2. The van der Waals surface area contributed by atoms with Gasteiger partial charge in [-0.15, -0.1) is 0 Å². The summed E-state index contributed by atoms with van der Waals surface area (Å²) in [6, 6.07) is 6.65. The van der Waals surface area contributed by atoms with Gasteiger partial charge in [0.2, 0.25) is 0 Å². The highest BCUT2D eigenvalue weighted by Crippen LogP contribution is 2.21. The van der Waals surface area contributed by atoms with Crippen LogP contribution in [0.3, 0.4) is 0 Å². The topological polar surface area (TPSA) is 94.9 Å². The minimum absolute atomic E-state index is 0.231. The Morgan fingerprint density at radius 2 is 2.00 bits per heavy atom. The lowest BCUT2D eigenvalue weighted by molar-refractivity contribution is 0.0966. The van der Waals surface area contributed by atoms with Crippen LogP contribution in [0.2, 0.25) is 10.3 Å². The van der Waals surface area contributed by atoms with Gasteiger partial charge < -0.3 is 5.32 Å². The number of urea groups is 1. The van der Waals surface area contributed by atoms with Crippen molar-refractivity contribution in [1.29, 1.82) is 5.26 Å². The van der Waals surface area contributed by atoms with E-state index in [1.165, 1.54) is 6.07 Å². The summed E-state index contributed by atoms with van der Waals surface area (Å²) in [5.74, 6) is -1.91. The number of carbonyl (C=O) groups excluding carboxylic acids is 2. The number of benzene rings is 1. The summed E-state index contributed by atoms with van der Waals surface area (Å²) in [5, 5.41) is 12.6. The van der Waals surface area contributed by atoms with E-state index in [0.717, 1.165) is 6.07 Å². The molecule has 0 aliphatic carbocycles. The number of nitriles is 1. The van der Waals surface area contributed by atoms with Crippen LogP contribution in [-0.4, -0.2) is 16.9 Å². The lowest BCUT2D eigenvalue weighted by Crippen LogP contribution is -2.35. The number of pyridine rings is 1. The predicted octanol–water partition coefficient (Wildman–Crippen LogP) is 3.67. The van der Waals surface area contributed by atoms with Crippen LogP contribution >= 0.6 is 23.2 Å². The average Bonchev–Trinajstić information content (AvgIpc) is 2.52. The van der Waals surface area contributed by atoms with Crippen molar-refractivity contribution in [2.45, 2.75) is 6.92 Å². The predicted molar refractivity (Wildman–Crippen MR) is 86.6 cm³/mol. The third-order valence-electron chi connectivity index (χ3n) is 2.99. The van der Waals surface area contributed by atoms with E-state index in [9.17, 15) is 14.0 Å². The second-order valence-electron chi connectivity index (χ2n) is 4.62. The van der Waals surface area contributed by atoms with Crippen LogP contribution in [0.4, 0.5) is 14.9 Å². The van der Waals surface area contributed by atoms with Crippen LogP contribution in [0.1, 0.15) is 21.5 Å². The fourth-order valence-corrected chi connectivity index (χ4v) is 2.25. The number of anilines is 1. The number of aromatic nitrogens is 1. The molecule has 122 valence electrons. The van der Waals surface area contributed by atoms with E-state index < -0.39 is 22.9 Å². The highest BCUT2D eigenvalue weighted by Gasteiger charge is 2.18. The van der Waals surface area contributed by atoms with Gasteiger partial charge in [-0.25, -0.2) is 14.2 Å². The van der Waals surface area contributed by atoms with Crippen molar-refractivity contribution in [3.05, 3.63) is 57.1 Å². The van der Waals surface area contributed by atoms with Crippen LogP contribution in [-0.2, 0) is 0 Å². The molecule has 2 rings (SSSR count). The SMILES string of the molecule is Cc1cccc(C#N)c1NC(=O)NC(=O)c1cc(F)c(Cl)nc1Cl. The van der Waals surface area contributed by atoms with E-state index in [-0.39, 0.29) is 22.0 Å². The standard InChI is InChI=1S/C15H9Cl2FN4O2/c1-7-3-2-4-8(6-19)11(7)20-15(24)22-14(23)9-5-10(18)13(17)21-12(9)16/h2-5H,1H3,(H2,20,22,23,24). The molecular formula is C15H9Cl2FN4O2. The number of amides is 3. The molecule has 1 aromatic heterocycles. The second-order valence-corrected chi connectivity index (χ2v) is 5.33. The zero-order valence-corrected chi connectivity index (χ0v) is 13.7. The van der Waals surface area contributed by atoms with Crippen LogP contribution < -0.4 is 10.6 Å². The number of nitrogens with zero attached hydrogens (tertiary/aromatic N) is 2. The number of hydrogen-bond donors (Lipinski definition) is 2. The summed E-state index contributed by atoms with van der Waals surface area (Å²) in [5.41, 5.74) is 0.777. The molecule has 1 heterocycles. The summed E-state index contributed by atoms with van der Waals surface area (Å²) < 4.78 is 13.4. The van der Waals surface area contributed by atoms with Gasteiger partial charge in [0.25, 0.3) is 5.91 Å². The third kappa shape index (κ3) is 3.79. The lowest BCUT2D eigenvalue weighted by Gasteiger charge is -2.11. The maximum atomic E-state index is 13.4. The van der Waals surface area contributed by atoms with Crippen molar-refractivity contribution in [1.82, 2.24) is 10.3 Å². The van der Waals surface area contributed by atoms with Crippen molar-refractivity contribution >= 4 is 40.8 Å². The van der Waals surface area contributed by atoms with Gasteiger partial charge in [0.15, 0.2) is 11.0 Å². The van der Waals surface area contributed by atoms with Gasteiger partial charge in [-0.05, 0) is 24.6 Å². The average molecular weight is 367 g/mol. The smallest absolute Gasteiger partial charge is 0.306 e. The number of rotatable bonds is 2. The Morgan fingerprint density at radius 3 is 2.67 bits per heavy atom. The van der Waals surface area contributed by atoms with Gasteiger partial charge in [0.05, 0.1) is 16.8 Å². The molecule has 0 saturated carbocycles. The lowest BCUT2D eigenvalue weighted by atomic mass is 10.1. The molecule has 1 aromatic carbocycles. The number of carbonyl (C=O) groups is 2. The summed E-state index contributed by atoms with van der Waals surface area (Å²) in [4.78, 5) is 27.4. The summed E-state index contributed by atoms with van der Waals surface area (Å²) in [6.45, 7) is 1.69. The van der Waals surface area contributed by atoms with E-state index >= 15 is 0 Å². The molecule has 2 aromatic rings. The fourth-order valence-electron chi connectivity index (χ4n) is 1.85. The molecule has 0 aliphatic rings. The first-order valence-electron chi connectivity index (χ1n) is 6.47. The highest BCUT2D eigenvalue weighted by atomic mass is 35.5. The molecule has 6 nitrogen and oxygen atoms in total. The van der Waals surface area contributed by atoms with Crippen LogP contribution in [0, 0.1) is 24.1 Å². The van der Waals surface area contributed by atoms with Crippen molar-refractivity contribution in [2.75, 3.05) is 5.32 Å². The zero-order chi connectivity index (χ0) is 17.9.